The molecule has 0 radical (unpaired) electrons. The Labute approximate surface area is 106 Å². The summed E-state index contributed by atoms with van der Waals surface area (Å²) in [4.78, 5) is 0. The number of para-hydroxylation sites is 1. The van der Waals surface area contributed by atoms with E-state index < -0.39 is 17.4 Å². The molecule has 92 valence electrons. The van der Waals surface area contributed by atoms with Gasteiger partial charge >= 0.3 is 6.18 Å². The van der Waals surface area contributed by atoms with E-state index in [2.05, 4.69) is 0 Å². The van der Waals surface area contributed by atoms with Crippen LogP contribution in [-0.2, 0) is 0 Å². The SMILES string of the molecule is N#CC(C#N)=C(Nc1ccccc1Cl)C(F)(F)F. The van der Waals surface area contributed by atoms with Crippen molar-refractivity contribution in [2.45, 2.75) is 6.18 Å². The number of benzene rings is 1. The van der Waals surface area contributed by atoms with Crippen molar-refractivity contribution in [3.05, 3.63) is 40.6 Å². The fourth-order valence-electron chi connectivity index (χ4n) is 1.11. The summed E-state index contributed by atoms with van der Waals surface area (Å²) < 4.78 is 38.1. The van der Waals surface area contributed by atoms with Gasteiger partial charge in [-0.1, -0.05) is 23.7 Å². The van der Waals surface area contributed by atoms with E-state index in [-0.39, 0.29) is 10.7 Å². The Kier molecular flexibility index (Phi) is 4.19. The molecule has 0 saturated heterocycles. The second-order valence-corrected chi connectivity index (χ2v) is 3.48. The molecule has 1 rings (SSSR count). The molecule has 1 N–H and O–H groups in total. The van der Waals surface area contributed by atoms with Crippen molar-refractivity contribution in [2.75, 3.05) is 5.32 Å². The summed E-state index contributed by atoms with van der Waals surface area (Å²) in [6, 6.07) is 8.09. The predicted molar refractivity (Wildman–Crippen MR) is 59.4 cm³/mol. The first kappa shape index (κ1) is 13.9. The smallest absolute Gasteiger partial charge is 0.349 e. The zero-order chi connectivity index (χ0) is 13.8. The lowest BCUT2D eigenvalue weighted by Crippen LogP contribution is -2.21. The zero-order valence-electron chi connectivity index (χ0n) is 8.72. The van der Waals surface area contributed by atoms with Crippen molar-refractivity contribution in [1.29, 1.82) is 10.5 Å². The highest BCUT2D eigenvalue weighted by molar-refractivity contribution is 6.33. The minimum Gasteiger partial charge on any atom is -0.349 e. The van der Waals surface area contributed by atoms with Gasteiger partial charge in [-0.2, -0.15) is 23.7 Å². The molecule has 1 aromatic carbocycles. The Morgan fingerprint density at radius 1 is 1.17 bits per heavy atom. The van der Waals surface area contributed by atoms with Gasteiger partial charge < -0.3 is 5.32 Å². The first-order valence-electron chi connectivity index (χ1n) is 4.53. The van der Waals surface area contributed by atoms with E-state index in [1.54, 1.807) is 6.07 Å². The summed E-state index contributed by atoms with van der Waals surface area (Å²) in [5.41, 5.74) is -2.52. The molecule has 1 aromatic rings. The maximum atomic E-state index is 12.7. The Bertz CT molecular complexity index is 548. The molecule has 0 aliphatic carbocycles. The third-order valence-corrected chi connectivity index (χ3v) is 2.22. The Hall–Kier alpha value is -2.18. The Morgan fingerprint density at radius 3 is 2.17 bits per heavy atom. The number of allylic oxidation sites excluding steroid dienone is 2. The lowest BCUT2D eigenvalue weighted by molar-refractivity contribution is -0.0906. The van der Waals surface area contributed by atoms with Crippen molar-refractivity contribution in [3.8, 4) is 12.1 Å². The average molecular weight is 272 g/mol. The first-order valence-corrected chi connectivity index (χ1v) is 4.91. The number of nitrogens with one attached hydrogen (secondary N) is 1. The maximum Gasteiger partial charge on any atom is 0.433 e. The molecule has 0 bridgehead atoms. The molecular weight excluding hydrogens is 267 g/mol. The Morgan fingerprint density at radius 2 is 1.72 bits per heavy atom. The van der Waals surface area contributed by atoms with Gasteiger partial charge in [-0.3, -0.25) is 0 Å². The molecular formula is C11H5ClF3N3. The number of halogens is 4. The van der Waals surface area contributed by atoms with Crippen LogP contribution in [0.2, 0.25) is 5.02 Å². The van der Waals surface area contributed by atoms with E-state index >= 15 is 0 Å². The van der Waals surface area contributed by atoms with Crippen molar-refractivity contribution < 1.29 is 13.2 Å². The lowest BCUT2D eigenvalue weighted by Gasteiger charge is -2.14. The summed E-state index contributed by atoms with van der Waals surface area (Å²) in [5, 5.41) is 19.0. The van der Waals surface area contributed by atoms with Crippen LogP contribution in [0.3, 0.4) is 0 Å². The molecule has 0 aliphatic rings. The number of hydrogen-bond acceptors (Lipinski definition) is 3. The minimum absolute atomic E-state index is 0.0329. The van der Waals surface area contributed by atoms with Crippen LogP contribution in [0.15, 0.2) is 35.5 Å². The van der Waals surface area contributed by atoms with Gasteiger partial charge in [-0.15, -0.1) is 0 Å². The van der Waals surface area contributed by atoms with Crippen LogP contribution in [0.4, 0.5) is 18.9 Å². The van der Waals surface area contributed by atoms with E-state index in [0.29, 0.717) is 0 Å². The second-order valence-electron chi connectivity index (χ2n) is 3.08. The van der Waals surface area contributed by atoms with E-state index in [9.17, 15) is 13.2 Å². The molecule has 0 spiro atoms. The fourth-order valence-corrected chi connectivity index (χ4v) is 1.29. The molecule has 7 heteroatoms. The summed E-state index contributed by atoms with van der Waals surface area (Å²) in [7, 11) is 0. The van der Waals surface area contributed by atoms with Crippen LogP contribution >= 0.6 is 11.6 Å². The van der Waals surface area contributed by atoms with Crippen LogP contribution in [0.5, 0.6) is 0 Å². The van der Waals surface area contributed by atoms with Crippen LogP contribution < -0.4 is 5.32 Å². The molecule has 0 amide bonds. The highest BCUT2D eigenvalue weighted by atomic mass is 35.5. The highest BCUT2D eigenvalue weighted by Crippen LogP contribution is 2.31. The van der Waals surface area contributed by atoms with E-state index in [4.69, 9.17) is 22.1 Å². The summed E-state index contributed by atoms with van der Waals surface area (Å²) in [6.45, 7) is 0. The molecule has 0 aromatic heterocycles. The normalized spacial score (nSPS) is 10.1. The number of nitrogens with zero attached hydrogens (tertiary/aromatic N) is 2. The molecule has 0 heterocycles. The largest absolute Gasteiger partial charge is 0.433 e. The third-order valence-electron chi connectivity index (χ3n) is 1.89. The quantitative estimate of drug-likeness (QED) is 0.836. The summed E-state index contributed by atoms with van der Waals surface area (Å²) in [5.74, 6) is 0. The molecule has 0 saturated carbocycles. The molecule has 0 unspecified atom stereocenters. The number of nitriles is 2. The number of rotatable bonds is 2. The van der Waals surface area contributed by atoms with Crippen LogP contribution in [0.25, 0.3) is 0 Å². The predicted octanol–water partition coefficient (Wildman–Crippen LogP) is 3.62. The number of hydrogen-bond donors (Lipinski definition) is 1. The van der Waals surface area contributed by atoms with Crippen molar-refractivity contribution in [2.24, 2.45) is 0 Å². The third kappa shape index (κ3) is 3.16. The van der Waals surface area contributed by atoms with Crippen molar-refractivity contribution in [1.82, 2.24) is 0 Å². The van der Waals surface area contributed by atoms with Gasteiger partial charge in [-0.25, -0.2) is 0 Å². The minimum atomic E-state index is -4.85. The maximum absolute atomic E-state index is 12.7. The molecule has 3 nitrogen and oxygen atoms in total. The van der Waals surface area contributed by atoms with E-state index in [1.807, 2.05) is 5.32 Å². The molecule has 0 atom stereocenters. The summed E-state index contributed by atoms with van der Waals surface area (Å²) >= 11 is 5.69. The van der Waals surface area contributed by atoms with Gasteiger partial charge in [0.2, 0.25) is 0 Å². The fraction of sp³-hybridized carbons (Fsp3) is 0.0909. The van der Waals surface area contributed by atoms with Gasteiger partial charge in [-0.05, 0) is 12.1 Å². The zero-order valence-corrected chi connectivity index (χ0v) is 9.47. The van der Waals surface area contributed by atoms with Gasteiger partial charge in [0.1, 0.15) is 17.8 Å². The molecule has 0 fully saturated rings. The van der Waals surface area contributed by atoms with Gasteiger partial charge in [0.15, 0.2) is 5.57 Å². The van der Waals surface area contributed by atoms with E-state index in [1.165, 1.54) is 30.3 Å². The Balaban J connectivity index is 3.27. The molecule has 0 aliphatic heterocycles. The first-order chi connectivity index (χ1) is 8.40. The molecule has 18 heavy (non-hydrogen) atoms. The number of anilines is 1. The summed E-state index contributed by atoms with van der Waals surface area (Å²) in [6.07, 6.45) is -4.85. The standard InChI is InChI=1S/C11H5ClF3N3/c12-8-3-1-2-4-9(8)18-10(11(13,14)15)7(5-16)6-17/h1-4,18H. The van der Waals surface area contributed by atoms with Gasteiger partial charge in [0.05, 0.1) is 10.7 Å². The topological polar surface area (TPSA) is 59.6 Å². The monoisotopic (exact) mass is 271 g/mol. The van der Waals surface area contributed by atoms with Crippen molar-refractivity contribution in [3.63, 3.8) is 0 Å². The van der Waals surface area contributed by atoms with Crippen LogP contribution in [0.1, 0.15) is 0 Å². The lowest BCUT2D eigenvalue weighted by atomic mass is 10.2. The number of alkyl halides is 3. The van der Waals surface area contributed by atoms with Crippen molar-refractivity contribution >= 4 is 17.3 Å². The van der Waals surface area contributed by atoms with Gasteiger partial charge in [0, 0.05) is 0 Å². The van der Waals surface area contributed by atoms with Crippen LogP contribution in [-0.4, -0.2) is 6.18 Å². The van der Waals surface area contributed by atoms with Crippen LogP contribution in [0, 0.1) is 22.7 Å². The second kappa shape index (κ2) is 5.44. The highest BCUT2D eigenvalue weighted by Gasteiger charge is 2.37. The van der Waals surface area contributed by atoms with Gasteiger partial charge in [0.25, 0.3) is 0 Å². The average Bonchev–Trinajstić information content (AvgIpc) is 2.30. The van der Waals surface area contributed by atoms with E-state index in [0.717, 1.165) is 0 Å².